The quantitative estimate of drug-likeness (QED) is 0.113. The number of unbranched alkanes of at least 4 members (excludes halogenated alkanes) is 1. The highest BCUT2D eigenvalue weighted by Crippen LogP contribution is 2.33. The largest absolute Gasteiger partial charge is 0.369 e. The zero-order chi connectivity index (χ0) is 29.7. The van der Waals surface area contributed by atoms with E-state index >= 15 is 0 Å². The number of benzene rings is 2. The van der Waals surface area contributed by atoms with E-state index in [9.17, 15) is 8.42 Å². The molecule has 2 aromatic carbocycles. The third-order valence-corrected chi connectivity index (χ3v) is 9.70. The highest BCUT2D eigenvalue weighted by atomic mass is 32.2. The van der Waals surface area contributed by atoms with Crippen LogP contribution in [0.25, 0.3) is 10.9 Å². The van der Waals surface area contributed by atoms with Crippen LogP contribution in [0.3, 0.4) is 0 Å². The van der Waals surface area contributed by atoms with Crippen LogP contribution in [-0.2, 0) is 21.7 Å². The molecule has 3 N–H and O–H groups in total. The van der Waals surface area contributed by atoms with Crippen LogP contribution in [0, 0.1) is 0 Å². The second-order valence-corrected chi connectivity index (χ2v) is 14.9. The molecule has 0 aliphatic carbocycles. The van der Waals surface area contributed by atoms with Gasteiger partial charge in [-0.2, -0.15) is 4.99 Å². The first kappa shape index (κ1) is 30.0. The van der Waals surface area contributed by atoms with Gasteiger partial charge in [-0.1, -0.05) is 49.8 Å². The Hall–Kier alpha value is -3.48. The number of hydrogen-bond acceptors (Lipinski definition) is 9. The van der Waals surface area contributed by atoms with Gasteiger partial charge in [-0.05, 0) is 61.7 Å². The minimum Gasteiger partial charge on any atom is -0.369 e. The molecule has 1 fully saturated rings. The van der Waals surface area contributed by atoms with E-state index in [4.69, 9.17) is 10.3 Å². The van der Waals surface area contributed by atoms with E-state index in [1.165, 1.54) is 5.56 Å². The molecule has 42 heavy (non-hydrogen) atoms. The molecule has 0 saturated carbocycles. The van der Waals surface area contributed by atoms with Crippen molar-refractivity contribution in [2.75, 3.05) is 36.5 Å². The van der Waals surface area contributed by atoms with Gasteiger partial charge in [-0.25, -0.2) is 18.4 Å². The molecule has 222 valence electrons. The number of nitrogens with one attached hydrogen (secondary N) is 1. The molecule has 10 nitrogen and oxygen atoms in total. The normalized spacial score (nSPS) is 16.1. The number of aryl methyl sites for hydroxylation is 1. The van der Waals surface area contributed by atoms with E-state index in [1.807, 2.05) is 45.0 Å². The van der Waals surface area contributed by atoms with Crippen molar-refractivity contribution in [2.24, 2.45) is 10.7 Å². The van der Waals surface area contributed by atoms with Gasteiger partial charge in [-0.3, -0.25) is 0 Å². The fraction of sp³-hybridized carbons (Fsp3) is 0.400. The van der Waals surface area contributed by atoms with Crippen LogP contribution in [0.2, 0.25) is 0 Å². The number of guanidine groups is 1. The molecule has 2 aromatic heterocycles. The topological polar surface area (TPSA) is 140 Å². The molecule has 0 spiro atoms. The van der Waals surface area contributed by atoms with Crippen LogP contribution >= 0.6 is 11.8 Å². The van der Waals surface area contributed by atoms with Crippen molar-refractivity contribution < 1.29 is 12.9 Å². The number of aliphatic imine (C=N–C) groups is 1. The molecule has 0 radical (unpaired) electrons. The van der Waals surface area contributed by atoms with Crippen molar-refractivity contribution in [1.29, 1.82) is 0 Å². The lowest BCUT2D eigenvalue weighted by Gasteiger charge is -2.26. The Kier molecular flexibility index (Phi) is 9.14. The first-order chi connectivity index (χ1) is 20.0. The molecule has 0 atom stereocenters. The number of nitrogens with two attached hydrogens (primary N) is 1. The summed E-state index contributed by atoms with van der Waals surface area (Å²) in [6, 6.07) is 16.1. The number of sulfone groups is 1. The predicted octanol–water partition coefficient (Wildman–Crippen LogP) is 5.18. The van der Waals surface area contributed by atoms with E-state index in [0.29, 0.717) is 18.9 Å². The first-order valence-electron chi connectivity index (χ1n) is 14.1. The van der Waals surface area contributed by atoms with Crippen molar-refractivity contribution in [3.63, 3.8) is 0 Å². The SMILES string of the molecule is CC(C)(C)c1cc(N=C(N)Nc2cccc(Sc3ncnc4ccc(CCCCN5CCS(=O)(=O)CC5)cc34)c2)no1. The molecule has 12 heteroatoms. The lowest BCUT2D eigenvalue weighted by molar-refractivity contribution is 0.289. The number of rotatable bonds is 9. The van der Waals surface area contributed by atoms with E-state index in [-0.39, 0.29) is 22.9 Å². The Morgan fingerprint density at radius 3 is 2.67 bits per heavy atom. The number of anilines is 1. The fourth-order valence-corrected chi connectivity index (χ4v) is 6.88. The van der Waals surface area contributed by atoms with Crippen LogP contribution in [0.1, 0.15) is 44.9 Å². The summed E-state index contributed by atoms with van der Waals surface area (Å²) < 4.78 is 28.7. The van der Waals surface area contributed by atoms with Gasteiger partial charge in [0.15, 0.2) is 21.6 Å². The molecule has 0 bridgehead atoms. The Morgan fingerprint density at radius 1 is 1.10 bits per heavy atom. The minimum atomic E-state index is -2.84. The fourth-order valence-electron chi connectivity index (χ4n) is 4.68. The van der Waals surface area contributed by atoms with Gasteiger partial charge >= 0.3 is 0 Å². The van der Waals surface area contributed by atoms with Gasteiger partial charge in [0, 0.05) is 40.5 Å². The molecular formula is C30H37N7O3S2. The molecule has 1 aliphatic heterocycles. The third-order valence-electron chi connectivity index (χ3n) is 7.08. The first-order valence-corrected chi connectivity index (χ1v) is 16.7. The summed E-state index contributed by atoms with van der Waals surface area (Å²) in [5.41, 5.74) is 8.93. The maximum absolute atomic E-state index is 11.7. The zero-order valence-electron chi connectivity index (χ0n) is 24.2. The molecule has 3 heterocycles. The van der Waals surface area contributed by atoms with Gasteiger partial charge in [0.1, 0.15) is 17.1 Å². The van der Waals surface area contributed by atoms with Crippen LogP contribution in [0.4, 0.5) is 11.5 Å². The standard InChI is InChI=1S/C30H37N7O3S2/c1-30(2,3)26-19-27(36-40-26)35-29(31)34-22-8-6-9-23(18-22)41-28-24-17-21(10-11-25(24)32-20-33-28)7-4-5-12-37-13-15-42(38,39)16-14-37/h6,8-11,17-20H,4-5,7,12-16H2,1-3H3,(H3,31,34,35,36). The Labute approximate surface area is 251 Å². The molecular weight excluding hydrogens is 571 g/mol. The second-order valence-electron chi connectivity index (χ2n) is 11.5. The summed E-state index contributed by atoms with van der Waals surface area (Å²) >= 11 is 1.57. The van der Waals surface area contributed by atoms with Crippen LogP contribution in [0.15, 0.2) is 74.3 Å². The van der Waals surface area contributed by atoms with Crippen molar-refractivity contribution in [3.05, 3.63) is 66.2 Å². The van der Waals surface area contributed by atoms with E-state index < -0.39 is 9.84 Å². The maximum Gasteiger partial charge on any atom is 0.199 e. The third kappa shape index (κ3) is 8.08. The smallest absolute Gasteiger partial charge is 0.199 e. The molecule has 1 saturated heterocycles. The molecule has 1 aliphatic rings. The van der Waals surface area contributed by atoms with E-state index in [0.717, 1.165) is 58.1 Å². The van der Waals surface area contributed by atoms with Gasteiger partial charge in [0.2, 0.25) is 0 Å². The maximum atomic E-state index is 11.7. The van der Waals surface area contributed by atoms with Crippen LogP contribution in [-0.4, -0.2) is 65.5 Å². The second kappa shape index (κ2) is 12.8. The Bertz CT molecular complexity index is 1670. The van der Waals surface area contributed by atoms with Crippen LogP contribution < -0.4 is 11.1 Å². The van der Waals surface area contributed by atoms with Crippen molar-refractivity contribution in [2.45, 2.75) is 55.4 Å². The lowest BCUT2D eigenvalue weighted by atomic mass is 9.93. The van der Waals surface area contributed by atoms with Crippen LogP contribution in [0.5, 0.6) is 0 Å². The monoisotopic (exact) mass is 607 g/mol. The number of hydrogen-bond donors (Lipinski definition) is 2. The zero-order valence-corrected chi connectivity index (χ0v) is 25.8. The minimum absolute atomic E-state index is 0.164. The summed E-state index contributed by atoms with van der Waals surface area (Å²) in [7, 11) is -2.84. The van der Waals surface area contributed by atoms with Gasteiger partial charge < -0.3 is 20.5 Å². The summed E-state index contributed by atoms with van der Waals surface area (Å²) in [6.07, 6.45) is 4.61. The van der Waals surface area contributed by atoms with Gasteiger partial charge in [0.05, 0.1) is 17.0 Å². The predicted molar refractivity (Wildman–Crippen MR) is 168 cm³/mol. The van der Waals surface area contributed by atoms with Crippen molar-refractivity contribution >= 4 is 50.0 Å². The molecule has 4 aromatic rings. The summed E-state index contributed by atoms with van der Waals surface area (Å²) in [5.74, 6) is 1.93. The summed E-state index contributed by atoms with van der Waals surface area (Å²) in [4.78, 5) is 16.7. The highest BCUT2D eigenvalue weighted by Gasteiger charge is 2.21. The van der Waals surface area contributed by atoms with Crippen molar-refractivity contribution in [1.82, 2.24) is 20.0 Å². The number of aromatic nitrogens is 3. The van der Waals surface area contributed by atoms with Crippen molar-refractivity contribution in [3.8, 4) is 0 Å². The summed E-state index contributed by atoms with van der Waals surface area (Å²) in [6.45, 7) is 8.36. The summed E-state index contributed by atoms with van der Waals surface area (Å²) in [5, 5.41) is 9.03. The van der Waals surface area contributed by atoms with E-state index in [1.54, 1.807) is 24.2 Å². The lowest BCUT2D eigenvalue weighted by Crippen LogP contribution is -2.40. The van der Waals surface area contributed by atoms with E-state index in [2.05, 4.69) is 48.5 Å². The Balaban J connectivity index is 1.21. The average molecular weight is 608 g/mol. The van der Waals surface area contributed by atoms with Gasteiger partial charge in [-0.15, -0.1) is 0 Å². The number of nitrogens with zero attached hydrogens (tertiary/aromatic N) is 5. The highest BCUT2D eigenvalue weighted by molar-refractivity contribution is 7.99. The number of fused-ring (bicyclic) bond motifs is 1. The van der Waals surface area contributed by atoms with Gasteiger partial charge in [0.25, 0.3) is 0 Å². The Morgan fingerprint density at radius 2 is 1.90 bits per heavy atom. The average Bonchev–Trinajstić information content (AvgIpc) is 3.41. The molecule has 5 rings (SSSR count). The molecule has 0 unspecified atom stereocenters. The molecule has 0 amide bonds.